The number of likely N-dealkylation sites (N-methyl/N-ethyl adjacent to an activating group) is 1. The van der Waals surface area contributed by atoms with E-state index in [2.05, 4.69) is 43.0 Å². The molecule has 1 heterocycles. The summed E-state index contributed by atoms with van der Waals surface area (Å²) < 4.78 is 5.80. The van der Waals surface area contributed by atoms with Gasteiger partial charge in [-0.25, -0.2) is 0 Å². The quantitative estimate of drug-likeness (QED) is 0.852. The Morgan fingerprint density at radius 3 is 2.90 bits per heavy atom. The van der Waals surface area contributed by atoms with Gasteiger partial charge in [0.2, 0.25) is 0 Å². The molecule has 1 fully saturated rings. The number of aliphatic hydroxyl groups excluding tert-OH is 1. The zero-order valence-corrected chi connectivity index (χ0v) is 12.7. The zero-order valence-electron chi connectivity index (χ0n) is 12.7. The van der Waals surface area contributed by atoms with E-state index >= 15 is 0 Å². The van der Waals surface area contributed by atoms with Crippen molar-refractivity contribution in [3.63, 3.8) is 0 Å². The topological polar surface area (TPSA) is 35.9 Å². The molecule has 2 atom stereocenters. The van der Waals surface area contributed by atoms with Gasteiger partial charge in [0.1, 0.15) is 12.4 Å². The Hall–Kier alpha value is -1.10. The molecule has 0 saturated carbocycles. The first-order chi connectivity index (χ1) is 9.54. The molecule has 0 aromatic heterocycles. The van der Waals surface area contributed by atoms with Crippen LogP contribution in [0.4, 0.5) is 0 Å². The Balaban J connectivity index is 1.80. The molecule has 1 aromatic carbocycles. The maximum Gasteiger partial charge on any atom is 0.119 e. The summed E-state index contributed by atoms with van der Waals surface area (Å²) in [4.78, 5) is 4.51. The Morgan fingerprint density at radius 1 is 1.40 bits per heavy atom. The van der Waals surface area contributed by atoms with Crippen molar-refractivity contribution < 1.29 is 9.84 Å². The summed E-state index contributed by atoms with van der Waals surface area (Å²) in [6.45, 7) is 5.34. The smallest absolute Gasteiger partial charge is 0.119 e. The van der Waals surface area contributed by atoms with Crippen LogP contribution in [0.3, 0.4) is 0 Å². The van der Waals surface area contributed by atoms with Gasteiger partial charge in [-0.15, -0.1) is 0 Å². The van der Waals surface area contributed by atoms with Crippen molar-refractivity contribution >= 4 is 0 Å². The minimum atomic E-state index is -0.195. The van der Waals surface area contributed by atoms with E-state index in [1.165, 1.54) is 5.56 Å². The Bertz CT molecular complexity index is 423. The van der Waals surface area contributed by atoms with Crippen molar-refractivity contribution in [3.8, 4) is 5.75 Å². The fourth-order valence-electron chi connectivity index (χ4n) is 2.83. The first kappa shape index (κ1) is 15.3. The van der Waals surface area contributed by atoms with Gasteiger partial charge in [-0.3, -0.25) is 4.90 Å². The van der Waals surface area contributed by atoms with Crippen LogP contribution < -0.4 is 4.74 Å². The molecule has 2 unspecified atom stereocenters. The zero-order chi connectivity index (χ0) is 14.5. The van der Waals surface area contributed by atoms with Crippen LogP contribution in [-0.2, 0) is 0 Å². The number of benzene rings is 1. The van der Waals surface area contributed by atoms with Gasteiger partial charge in [0.25, 0.3) is 0 Å². The standard InChI is InChI=1S/C16H26N2O2/c1-13-5-4-6-16(9-13)20-8-7-18-12-15(19)10-14(18)11-17(2)3/h4-6,9,14-15,19H,7-8,10-12H2,1-3H3. The normalized spacial score (nSPS) is 23.4. The first-order valence-electron chi connectivity index (χ1n) is 7.31. The second-order valence-corrected chi connectivity index (χ2v) is 5.97. The lowest BCUT2D eigenvalue weighted by Crippen LogP contribution is -2.39. The lowest BCUT2D eigenvalue weighted by molar-refractivity contribution is 0.155. The van der Waals surface area contributed by atoms with Crippen molar-refractivity contribution in [1.82, 2.24) is 9.80 Å². The molecule has 0 aliphatic carbocycles. The van der Waals surface area contributed by atoms with E-state index in [4.69, 9.17) is 4.74 Å². The summed E-state index contributed by atoms with van der Waals surface area (Å²) in [6.07, 6.45) is 0.668. The number of hydrogen-bond acceptors (Lipinski definition) is 4. The fourth-order valence-corrected chi connectivity index (χ4v) is 2.83. The number of likely N-dealkylation sites (tertiary alicyclic amines) is 1. The summed E-state index contributed by atoms with van der Waals surface area (Å²) in [6, 6.07) is 8.55. The Kier molecular flexibility index (Phi) is 5.40. The second-order valence-electron chi connectivity index (χ2n) is 5.97. The van der Waals surface area contributed by atoms with Crippen molar-refractivity contribution in [2.45, 2.75) is 25.5 Å². The first-order valence-corrected chi connectivity index (χ1v) is 7.31. The molecule has 2 rings (SSSR count). The number of aliphatic hydroxyl groups is 1. The molecule has 1 N–H and O–H groups in total. The van der Waals surface area contributed by atoms with Gasteiger partial charge >= 0.3 is 0 Å². The van der Waals surface area contributed by atoms with Crippen molar-refractivity contribution in [3.05, 3.63) is 29.8 Å². The van der Waals surface area contributed by atoms with Gasteiger partial charge in [-0.2, -0.15) is 0 Å². The molecule has 1 aliphatic heterocycles. The average molecular weight is 278 g/mol. The van der Waals surface area contributed by atoms with Crippen LogP contribution in [0, 0.1) is 6.92 Å². The highest BCUT2D eigenvalue weighted by Crippen LogP contribution is 2.18. The number of nitrogens with zero attached hydrogens (tertiary/aromatic N) is 2. The van der Waals surface area contributed by atoms with E-state index in [0.29, 0.717) is 12.6 Å². The van der Waals surface area contributed by atoms with E-state index in [1.54, 1.807) is 0 Å². The van der Waals surface area contributed by atoms with Gasteiger partial charge in [0.15, 0.2) is 0 Å². The molecular weight excluding hydrogens is 252 g/mol. The maximum absolute atomic E-state index is 9.83. The molecule has 4 heteroatoms. The van der Waals surface area contributed by atoms with E-state index in [9.17, 15) is 5.11 Å². The molecule has 1 aromatic rings. The minimum Gasteiger partial charge on any atom is -0.492 e. The van der Waals surface area contributed by atoms with Crippen LogP contribution in [0.2, 0.25) is 0 Å². The van der Waals surface area contributed by atoms with E-state index in [-0.39, 0.29) is 6.10 Å². The van der Waals surface area contributed by atoms with Crippen LogP contribution in [0.1, 0.15) is 12.0 Å². The monoisotopic (exact) mass is 278 g/mol. The summed E-state index contributed by atoms with van der Waals surface area (Å²) in [5.41, 5.74) is 1.21. The number of hydrogen-bond donors (Lipinski definition) is 1. The Morgan fingerprint density at radius 2 is 2.20 bits per heavy atom. The van der Waals surface area contributed by atoms with Gasteiger partial charge in [0, 0.05) is 25.7 Å². The fraction of sp³-hybridized carbons (Fsp3) is 0.625. The molecular formula is C16H26N2O2. The summed E-state index contributed by atoms with van der Waals surface area (Å²) >= 11 is 0. The van der Waals surface area contributed by atoms with Crippen LogP contribution in [0.5, 0.6) is 5.75 Å². The summed E-state index contributed by atoms with van der Waals surface area (Å²) in [5.74, 6) is 0.925. The maximum atomic E-state index is 9.83. The molecule has 1 saturated heterocycles. The van der Waals surface area contributed by atoms with Crippen LogP contribution >= 0.6 is 0 Å². The van der Waals surface area contributed by atoms with Gasteiger partial charge in [-0.05, 0) is 45.1 Å². The predicted octanol–water partition coefficient (Wildman–Crippen LogP) is 1.37. The molecule has 0 radical (unpaired) electrons. The van der Waals surface area contributed by atoms with Gasteiger partial charge in [-0.1, -0.05) is 12.1 Å². The van der Waals surface area contributed by atoms with Gasteiger partial charge in [0.05, 0.1) is 6.10 Å². The SMILES string of the molecule is Cc1cccc(OCCN2CC(O)CC2CN(C)C)c1. The number of β-amino-alcohol motifs (C(OH)–C–C–N with tert-alkyl or cyclic N) is 1. The lowest BCUT2D eigenvalue weighted by atomic mass is 10.2. The Labute approximate surface area is 122 Å². The minimum absolute atomic E-state index is 0.195. The van der Waals surface area contributed by atoms with E-state index < -0.39 is 0 Å². The largest absolute Gasteiger partial charge is 0.492 e. The highest BCUT2D eigenvalue weighted by molar-refractivity contribution is 5.27. The highest BCUT2D eigenvalue weighted by Gasteiger charge is 2.30. The number of rotatable bonds is 6. The van der Waals surface area contributed by atoms with Crippen molar-refractivity contribution in [2.75, 3.05) is 40.3 Å². The molecule has 0 amide bonds. The lowest BCUT2D eigenvalue weighted by Gasteiger charge is -2.26. The third-order valence-electron chi connectivity index (χ3n) is 3.72. The third-order valence-corrected chi connectivity index (χ3v) is 3.72. The molecule has 20 heavy (non-hydrogen) atoms. The molecule has 0 spiro atoms. The van der Waals surface area contributed by atoms with Crippen LogP contribution in [0.25, 0.3) is 0 Å². The summed E-state index contributed by atoms with van der Waals surface area (Å²) in [5, 5.41) is 9.83. The molecule has 4 nitrogen and oxygen atoms in total. The number of ether oxygens (including phenoxy) is 1. The molecule has 0 bridgehead atoms. The average Bonchev–Trinajstić information content (AvgIpc) is 2.69. The van der Waals surface area contributed by atoms with E-state index in [0.717, 1.165) is 31.8 Å². The van der Waals surface area contributed by atoms with Crippen molar-refractivity contribution in [1.29, 1.82) is 0 Å². The van der Waals surface area contributed by atoms with E-state index in [1.807, 2.05) is 12.1 Å². The molecule has 112 valence electrons. The van der Waals surface area contributed by atoms with Crippen LogP contribution in [0.15, 0.2) is 24.3 Å². The number of aryl methyl sites for hydroxylation is 1. The third kappa shape index (κ3) is 4.47. The highest BCUT2D eigenvalue weighted by atomic mass is 16.5. The van der Waals surface area contributed by atoms with Crippen LogP contribution in [-0.4, -0.2) is 67.4 Å². The summed E-state index contributed by atoms with van der Waals surface area (Å²) in [7, 11) is 4.15. The van der Waals surface area contributed by atoms with Gasteiger partial charge < -0.3 is 14.7 Å². The second kappa shape index (κ2) is 7.07. The van der Waals surface area contributed by atoms with Crippen molar-refractivity contribution in [2.24, 2.45) is 0 Å². The predicted molar refractivity (Wildman–Crippen MR) is 81.2 cm³/mol. The molecule has 1 aliphatic rings.